The number of benzene rings is 1. The topological polar surface area (TPSA) is 53.6 Å². The summed E-state index contributed by atoms with van der Waals surface area (Å²) in [6.07, 6.45) is 2.95. The lowest BCUT2D eigenvalue weighted by atomic mass is 10.1. The Kier molecular flexibility index (Phi) is 3.72. The fraction of sp³-hybridized carbons (Fsp3) is 0.333. The zero-order valence-corrected chi connectivity index (χ0v) is 10.7. The fourth-order valence-electron chi connectivity index (χ4n) is 1.89. The van der Waals surface area contributed by atoms with Gasteiger partial charge in [-0.15, -0.1) is 0 Å². The Hall–Kier alpha value is -1.74. The third kappa shape index (κ3) is 2.93. The maximum Gasteiger partial charge on any atom is 0.134 e. The van der Waals surface area contributed by atoms with Crippen molar-refractivity contribution in [3.8, 4) is 5.75 Å². The van der Waals surface area contributed by atoms with Crippen LogP contribution in [0.2, 0.25) is 0 Å². The number of furan rings is 1. The molecule has 3 nitrogen and oxygen atoms in total. The molecule has 0 saturated carbocycles. The summed E-state index contributed by atoms with van der Waals surface area (Å²) < 4.78 is 5.56. The quantitative estimate of drug-likeness (QED) is 0.804. The largest absolute Gasteiger partial charge is 0.508 e. The number of phenols is 1. The highest BCUT2D eigenvalue weighted by Crippen LogP contribution is 2.28. The molecule has 0 aliphatic heterocycles. The van der Waals surface area contributed by atoms with Gasteiger partial charge in [0.1, 0.15) is 23.2 Å². The predicted octanol–water partition coefficient (Wildman–Crippen LogP) is 3.92. The molecule has 18 heavy (non-hydrogen) atoms. The fourth-order valence-corrected chi connectivity index (χ4v) is 1.89. The third-order valence-electron chi connectivity index (χ3n) is 2.84. The van der Waals surface area contributed by atoms with Crippen LogP contribution in [0.15, 0.2) is 40.3 Å². The second-order valence-electron chi connectivity index (χ2n) is 4.75. The van der Waals surface area contributed by atoms with Crippen LogP contribution in [0.3, 0.4) is 0 Å². The second-order valence-corrected chi connectivity index (χ2v) is 4.75. The van der Waals surface area contributed by atoms with Crippen LogP contribution in [0.4, 0.5) is 0 Å². The number of allylic oxidation sites excluding steroid dienone is 2. The summed E-state index contributed by atoms with van der Waals surface area (Å²) in [4.78, 5) is 0. The van der Waals surface area contributed by atoms with Gasteiger partial charge in [0.25, 0.3) is 0 Å². The first-order valence-electron chi connectivity index (χ1n) is 6.10. The molecule has 0 aliphatic carbocycles. The van der Waals surface area contributed by atoms with Crippen molar-refractivity contribution in [2.45, 2.75) is 32.8 Å². The number of aliphatic hydroxyl groups excluding tert-OH is 1. The SMILES string of the molecule is CC(C)=CCCC(O)c1cc2cc(O)ccc2o1. The van der Waals surface area contributed by atoms with Crippen LogP contribution >= 0.6 is 0 Å². The van der Waals surface area contributed by atoms with Crippen molar-refractivity contribution in [2.75, 3.05) is 0 Å². The summed E-state index contributed by atoms with van der Waals surface area (Å²) >= 11 is 0. The van der Waals surface area contributed by atoms with Gasteiger partial charge >= 0.3 is 0 Å². The van der Waals surface area contributed by atoms with E-state index in [0.717, 1.165) is 11.8 Å². The smallest absolute Gasteiger partial charge is 0.134 e. The summed E-state index contributed by atoms with van der Waals surface area (Å²) in [6, 6.07) is 6.69. The average molecular weight is 246 g/mol. The Morgan fingerprint density at radius 2 is 2.11 bits per heavy atom. The van der Waals surface area contributed by atoms with Crippen LogP contribution in [0.25, 0.3) is 11.0 Å². The summed E-state index contributed by atoms with van der Waals surface area (Å²) in [5, 5.41) is 20.2. The van der Waals surface area contributed by atoms with E-state index in [4.69, 9.17) is 4.42 Å². The molecular formula is C15H18O3. The Morgan fingerprint density at radius 1 is 1.33 bits per heavy atom. The predicted molar refractivity (Wildman–Crippen MR) is 71.5 cm³/mol. The molecule has 2 N–H and O–H groups in total. The van der Waals surface area contributed by atoms with Crippen LogP contribution in [-0.4, -0.2) is 10.2 Å². The van der Waals surface area contributed by atoms with Gasteiger partial charge in [-0.25, -0.2) is 0 Å². The van der Waals surface area contributed by atoms with Crippen molar-refractivity contribution in [3.05, 3.63) is 41.7 Å². The molecule has 96 valence electrons. The Labute approximate surface area is 106 Å². The van der Waals surface area contributed by atoms with Gasteiger partial charge in [0.2, 0.25) is 0 Å². The van der Waals surface area contributed by atoms with Crippen LogP contribution in [0.5, 0.6) is 5.75 Å². The minimum Gasteiger partial charge on any atom is -0.508 e. The lowest BCUT2D eigenvalue weighted by Crippen LogP contribution is -1.94. The van der Waals surface area contributed by atoms with E-state index in [1.807, 2.05) is 13.8 Å². The van der Waals surface area contributed by atoms with Gasteiger partial charge in [-0.2, -0.15) is 0 Å². The van der Waals surface area contributed by atoms with E-state index < -0.39 is 6.10 Å². The number of hydrogen-bond donors (Lipinski definition) is 2. The number of phenolic OH excluding ortho intramolecular Hbond substituents is 1. The highest BCUT2D eigenvalue weighted by atomic mass is 16.4. The molecule has 1 aromatic carbocycles. The maximum atomic E-state index is 10.0. The van der Waals surface area contributed by atoms with Crippen molar-refractivity contribution < 1.29 is 14.6 Å². The van der Waals surface area contributed by atoms with Gasteiger partial charge in [-0.05, 0) is 51.0 Å². The molecule has 1 heterocycles. The molecule has 0 bridgehead atoms. The van der Waals surface area contributed by atoms with Gasteiger partial charge in [-0.3, -0.25) is 0 Å². The normalized spacial score (nSPS) is 12.6. The summed E-state index contributed by atoms with van der Waals surface area (Å²) in [6.45, 7) is 4.08. The average Bonchev–Trinajstić information content (AvgIpc) is 2.71. The minimum atomic E-state index is -0.602. The van der Waals surface area contributed by atoms with Gasteiger partial charge in [-0.1, -0.05) is 11.6 Å². The van der Waals surface area contributed by atoms with Crippen LogP contribution in [-0.2, 0) is 0 Å². The third-order valence-corrected chi connectivity index (χ3v) is 2.84. The summed E-state index contributed by atoms with van der Waals surface area (Å²) in [5.41, 5.74) is 1.93. The number of aromatic hydroxyl groups is 1. The van der Waals surface area contributed by atoms with Crippen molar-refractivity contribution >= 4 is 11.0 Å². The van der Waals surface area contributed by atoms with Crippen molar-refractivity contribution in [2.24, 2.45) is 0 Å². The van der Waals surface area contributed by atoms with Gasteiger partial charge in [0.15, 0.2) is 0 Å². The molecule has 2 rings (SSSR count). The number of rotatable bonds is 4. The van der Waals surface area contributed by atoms with E-state index in [2.05, 4.69) is 6.08 Å². The van der Waals surface area contributed by atoms with Crippen LogP contribution < -0.4 is 0 Å². The lowest BCUT2D eigenvalue weighted by molar-refractivity contribution is 0.143. The molecule has 1 aromatic heterocycles. The summed E-state index contributed by atoms with van der Waals surface area (Å²) in [5.74, 6) is 0.756. The lowest BCUT2D eigenvalue weighted by Gasteiger charge is -2.05. The first-order valence-corrected chi connectivity index (χ1v) is 6.10. The van der Waals surface area contributed by atoms with E-state index in [1.165, 1.54) is 5.57 Å². The Bertz CT molecular complexity index is 562. The standard InChI is InChI=1S/C15H18O3/c1-10(2)4-3-5-13(17)15-9-11-8-12(16)6-7-14(11)18-15/h4,6-9,13,16-17H,3,5H2,1-2H3. The zero-order valence-electron chi connectivity index (χ0n) is 10.7. The first kappa shape index (κ1) is 12.7. The van der Waals surface area contributed by atoms with Gasteiger partial charge < -0.3 is 14.6 Å². The van der Waals surface area contributed by atoms with Crippen LogP contribution in [0.1, 0.15) is 38.6 Å². The number of fused-ring (bicyclic) bond motifs is 1. The molecule has 2 aromatic rings. The molecule has 0 fully saturated rings. The van der Waals surface area contributed by atoms with E-state index >= 15 is 0 Å². The molecule has 0 spiro atoms. The van der Waals surface area contributed by atoms with Crippen molar-refractivity contribution in [1.29, 1.82) is 0 Å². The number of aliphatic hydroxyl groups is 1. The molecule has 0 amide bonds. The summed E-state index contributed by atoms with van der Waals surface area (Å²) in [7, 11) is 0. The highest BCUT2D eigenvalue weighted by Gasteiger charge is 2.12. The van der Waals surface area contributed by atoms with Crippen molar-refractivity contribution in [1.82, 2.24) is 0 Å². The maximum absolute atomic E-state index is 10.0. The first-order chi connectivity index (χ1) is 8.56. The molecule has 0 saturated heterocycles. The van der Waals surface area contributed by atoms with Crippen LogP contribution in [0, 0.1) is 0 Å². The molecular weight excluding hydrogens is 228 g/mol. The highest BCUT2D eigenvalue weighted by molar-refractivity contribution is 5.79. The van der Waals surface area contributed by atoms with E-state index in [1.54, 1.807) is 24.3 Å². The van der Waals surface area contributed by atoms with Gasteiger partial charge in [0, 0.05) is 5.39 Å². The Balaban J connectivity index is 2.13. The van der Waals surface area contributed by atoms with Crippen molar-refractivity contribution in [3.63, 3.8) is 0 Å². The van der Waals surface area contributed by atoms with Gasteiger partial charge in [0.05, 0.1) is 0 Å². The molecule has 3 heteroatoms. The molecule has 0 radical (unpaired) electrons. The molecule has 1 unspecified atom stereocenters. The molecule has 0 aliphatic rings. The number of hydrogen-bond acceptors (Lipinski definition) is 3. The van der Waals surface area contributed by atoms with E-state index in [-0.39, 0.29) is 5.75 Å². The Morgan fingerprint density at radius 3 is 2.83 bits per heavy atom. The molecule has 1 atom stereocenters. The van der Waals surface area contributed by atoms with E-state index in [9.17, 15) is 10.2 Å². The monoisotopic (exact) mass is 246 g/mol. The zero-order chi connectivity index (χ0) is 13.1. The second kappa shape index (κ2) is 5.27. The minimum absolute atomic E-state index is 0.203. The van der Waals surface area contributed by atoms with E-state index in [0.29, 0.717) is 17.8 Å².